The third-order valence-electron chi connectivity index (χ3n) is 1.43. The molecule has 0 aliphatic rings. The Bertz CT molecular complexity index is 139. The molecule has 1 N–H and O–H groups in total. The molecule has 0 unspecified atom stereocenters. The third kappa shape index (κ3) is 10.1. The highest BCUT2D eigenvalue weighted by Crippen LogP contribution is 1.94. The van der Waals surface area contributed by atoms with Crippen LogP contribution in [0.15, 0.2) is 0 Å². The molecule has 0 radical (unpaired) electrons. The quantitative estimate of drug-likeness (QED) is 0.479. The van der Waals surface area contributed by atoms with Crippen molar-refractivity contribution in [1.29, 1.82) is 0 Å². The van der Waals surface area contributed by atoms with Gasteiger partial charge in [-0.2, -0.15) is 0 Å². The van der Waals surface area contributed by atoms with E-state index in [1.807, 2.05) is 12.5 Å². The SMILES string of the molecule is CC(C)NCCC[SH](C)(C)=O. The van der Waals surface area contributed by atoms with Crippen LogP contribution in [0, 0.1) is 0 Å². The lowest BCUT2D eigenvalue weighted by Gasteiger charge is -2.12. The third-order valence-corrected chi connectivity index (χ3v) is 2.82. The van der Waals surface area contributed by atoms with Crippen molar-refractivity contribution in [3.63, 3.8) is 0 Å². The molecule has 0 fully saturated rings. The average molecular weight is 179 g/mol. The second kappa shape index (κ2) is 4.88. The van der Waals surface area contributed by atoms with Crippen molar-refractivity contribution in [2.75, 3.05) is 24.8 Å². The minimum absolute atomic E-state index is 0.545. The summed E-state index contributed by atoms with van der Waals surface area (Å²) in [5.41, 5.74) is 0. The standard InChI is InChI=1S/C8H21NOS/c1-8(2)9-6-5-7-11(3,4)10/h8-9,11H,5-7H2,1-4H3. The van der Waals surface area contributed by atoms with Crippen molar-refractivity contribution in [2.45, 2.75) is 26.3 Å². The molecule has 0 bridgehead atoms. The van der Waals surface area contributed by atoms with Gasteiger partial charge in [-0.25, -0.2) is 0 Å². The van der Waals surface area contributed by atoms with E-state index in [9.17, 15) is 4.21 Å². The Hall–Kier alpha value is 0.110. The molecular formula is C8H21NOS. The molecule has 0 aromatic heterocycles. The summed E-state index contributed by atoms with van der Waals surface area (Å²) in [6, 6.07) is 0.545. The van der Waals surface area contributed by atoms with Crippen LogP contribution in [0.4, 0.5) is 0 Å². The molecular weight excluding hydrogens is 158 g/mol. The Labute approximate surface area is 71.2 Å². The fourth-order valence-electron chi connectivity index (χ4n) is 0.851. The Morgan fingerprint density at radius 3 is 2.27 bits per heavy atom. The lowest BCUT2D eigenvalue weighted by molar-refractivity contribution is 0.582. The average Bonchev–Trinajstić information content (AvgIpc) is 1.78. The Kier molecular flexibility index (Phi) is 4.93. The van der Waals surface area contributed by atoms with Crippen LogP contribution in [-0.2, 0) is 9.93 Å². The van der Waals surface area contributed by atoms with Gasteiger partial charge in [-0.3, -0.25) is 4.21 Å². The topological polar surface area (TPSA) is 29.1 Å². The predicted molar refractivity (Wildman–Crippen MR) is 54.0 cm³/mol. The van der Waals surface area contributed by atoms with Gasteiger partial charge in [0.1, 0.15) is 0 Å². The first-order valence-electron chi connectivity index (χ1n) is 4.19. The highest BCUT2D eigenvalue weighted by atomic mass is 32.2. The summed E-state index contributed by atoms with van der Waals surface area (Å²) in [7, 11) is -1.77. The van der Waals surface area contributed by atoms with E-state index in [-0.39, 0.29) is 0 Å². The minimum Gasteiger partial charge on any atom is -0.315 e. The van der Waals surface area contributed by atoms with Gasteiger partial charge in [0.2, 0.25) is 0 Å². The van der Waals surface area contributed by atoms with Crippen LogP contribution >= 0.6 is 0 Å². The maximum atomic E-state index is 11.2. The van der Waals surface area contributed by atoms with Gasteiger partial charge in [0.05, 0.1) is 0 Å². The fraction of sp³-hybridized carbons (Fsp3) is 1.00. The Morgan fingerprint density at radius 2 is 1.91 bits per heavy atom. The minimum atomic E-state index is -1.77. The molecule has 0 atom stereocenters. The first-order chi connectivity index (χ1) is 4.92. The number of hydrogen-bond acceptors (Lipinski definition) is 2. The van der Waals surface area contributed by atoms with Crippen LogP contribution in [0.3, 0.4) is 0 Å². The molecule has 2 nitrogen and oxygen atoms in total. The lowest BCUT2D eigenvalue weighted by atomic mass is 10.4. The predicted octanol–water partition coefficient (Wildman–Crippen LogP) is 0.651. The number of hydrogen-bond donors (Lipinski definition) is 2. The second-order valence-corrected chi connectivity index (χ2v) is 7.35. The summed E-state index contributed by atoms with van der Waals surface area (Å²) in [5, 5.41) is 3.30. The van der Waals surface area contributed by atoms with Crippen LogP contribution in [0.25, 0.3) is 0 Å². The maximum Gasteiger partial charge on any atom is 0.00198 e. The molecule has 0 amide bonds. The lowest BCUT2D eigenvalue weighted by Crippen LogP contribution is -2.26. The van der Waals surface area contributed by atoms with Crippen LogP contribution in [0.2, 0.25) is 0 Å². The second-order valence-electron chi connectivity index (χ2n) is 3.76. The zero-order chi connectivity index (χ0) is 8.91. The fourth-order valence-corrected chi connectivity index (χ4v) is 1.77. The molecule has 0 rings (SSSR count). The van der Waals surface area contributed by atoms with E-state index in [1.54, 1.807) is 0 Å². The molecule has 0 aliphatic carbocycles. The van der Waals surface area contributed by atoms with Crippen LogP contribution in [0.5, 0.6) is 0 Å². The van der Waals surface area contributed by atoms with Crippen molar-refractivity contribution in [2.24, 2.45) is 0 Å². The van der Waals surface area contributed by atoms with E-state index in [0.717, 1.165) is 18.7 Å². The van der Waals surface area contributed by atoms with Crippen LogP contribution in [-0.4, -0.2) is 35.1 Å². The number of nitrogens with one attached hydrogen (secondary N) is 1. The van der Waals surface area contributed by atoms with Crippen molar-refractivity contribution in [1.82, 2.24) is 5.32 Å². The molecule has 3 heteroatoms. The summed E-state index contributed by atoms with van der Waals surface area (Å²) < 4.78 is 11.2. The van der Waals surface area contributed by atoms with E-state index in [2.05, 4.69) is 19.2 Å². The summed E-state index contributed by atoms with van der Waals surface area (Å²) in [5.74, 6) is 0.868. The Balaban J connectivity index is 3.22. The molecule has 0 saturated carbocycles. The van der Waals surface area contributed by atoms with Crippen molar-refractivity contribution in [3.8, 4) is 0 Å². The van der Waals surface area contributed by atoms with Gasteiger partial charge in [0.15, 0.2) is 0 Å². The summed E-state index contributed by atoms with van der Waals surface area (Å²) in [6.45, 7) is 5.23. The molecule has 0 spiro atoms. The molecule has 70 valence electrons. The normalized spacial score (nSPS) is 13.9. The number of thiol groups is 1. The highest BCUT2D eigenvalue weighted by molar-refractivity contribution is 8.01. The van der Waals surface area contributed by atoms with Gasteiger partial charge in [-0.15, -0.1) is 9.93 Å². The highest BCUT2D eigenvalue weighted by Gasteiger charge is 1.99. The van der Waals surface area contributed by atoms with E-state index in [1.165, 1.54) is 0 Å². The van der Waals surface area contributed by atoms with Crippen LogP contribution < -0.4 is 5.32 Å². The van der Waals surface area contributed by atoms with Gasteiger partial charge in [-0.05, 0) is 25.5 Å². The molecule has 0 saturated heterocycles. The zero-order valence-corrected chi connectivity index (χ0v) is 8.95. The van der Waals surface area contributed by atoms with E-state index in [0.29, 0.717) is 6.04 Å². The van der Waals surface area contributed by atoms with E-state index < -0.39 is 9.93 Å². The van der Waals surface area contributed by atoms with E-state index >= 15 is 0 Å². The zero-order valence-electron chi connectivity index (χ0n) is 8.05. The Morgan fingerprint density at radius 1 is 1.36 bits per heavy atom. The largest absolute Gasteiger partial charge is 0.315 e. The molecule has 0 heterocycles. The van der Waals surface area contributed by atoms with Gasteiger partial charge in [0, 0.05) is 11.8 Å². The number of rotatable bonds is 5. The molecule has 0 aromatic carbocycles. The molecule has 11 heavy (non-hydrogen) atoms. The van der Waals surface area contributed by atoms with Gasteiger partial charge in [0.25, 0.3) is 0 Å². The summed E-state index contributed by atoms with van der Waals surface area (Å²) in [4.78, 5) is 0. The van der Waals surface area contributed by atoms with Crippen molar-refractivity contribution in [3.05, 3.63) is 0 Å². The van der Waals surface area contributed by atoms with Gasteiger partial charge < -0.3 is 5.32 Å². The first kappa shape index (κ1) is 11.1. The first-order valence-corrected chi connectivity index (χ1v) is 6.98. The van der Waals surface area contributed by atoms with Crippen molar-refractivity contribution < 1.29 is 4.21 Å². The van der Waals surface area contributed by atoms with E-state index in [4.69, 9.17) is 0 Å². The van der Waals surface area contributed by atoms with Gasteiger partial charge in [-0.1, -0.05) is 13.8 Å². The molecule has 0 aromatic rings. The maximum absolute atomic E-state index is 11.2. The summed E-state index contributed by atoms with van der Waals surface area (Å²) >= 11 is 0. The monoisotopic (exact) mass is 179 g/mol. The van der Waals surface area contributed by atoms with Crippen LogP contribution in [0.1, 0.15) is 20.3 Å². The van der Waals surface area contributed by atoms with Gasteiger partial charge >= 0.3 is 0 Å². The smallest absolute Gasteiger partial charge is 0.00198 e. The van der Waals surface area contributed by atoms with Crippen molar-refractivity contribution >= 4 is 9.93 Å². The molecule has 0 aliphatic heterocycles. The summed E-state index contributed by atoms with van der Waals surface area (Å²) in [6.07, 6.45) is 4.73.